The molecular weight excluding hydrogens is 345 g/mol. The maximum absolute atomic E-state index is 11.1. The van der Waals surface area contributed by atoms with Gasteiger partial charge in [-0.2, -0.15) is 0 Å². The molecule has 4 atom stereocenters. The van der Waals surface area contributed by atoms with Crippen molar-refractivity contribution in [2.24, 2.45) is 0 Å². The van der Waals surface area contributed by atoms with Crippen molar-refractivity contribution in [1.29, 1.82) is 0 Å². The van der Waals surface area contributed by atoms with Crippen LogP contribution in [0.25, 0.3) is 11.2 Å². The first-order valence-electron chi connectivity index (χ1n) is 6.82. The van der Waals surface area contributed by atoms with Crippen molar-refractivity contribution >= 4 is 24.8 Å². The second-order valence-electron chi connectivity index (χ2n) is 5.44. The quantitative estimate of drug-likeness (QED) is 0.391. The van der Waals surface area contributed by atoms with Gasteiger partial charge >= 0.3 is 7.82 Å². The molecule has 0 unspecified atom stereocenters. The fourth-order valence-electron chi connectivity index (χ4n) is 2.75. The average molecular weight is 361 g/mol. The topological polar surface area (TPSA) is 186 Å². The number of aromatic nitrogens is 4. The molecule has 3 heterocycles. The highest BCUT2D eigenvalue weighted by Gasteiger charge is 2.55. The molecule has 13 heteroatoms. The van der Waals surface area contributed by atoms with Gasteiger partial charge in [-0.3, -0.25) is 9.09 Å². The van der Waals surface area contributed by atoms with Crippen molar-refractivity contribution in [3.8, 4) is 0 Å². The summed E-state index contributed by atoms with van der Waals surface area (Å²) >= 11 is 0. The maximum atomic E-state index is 11.1. The molecule has 0 aromatic carbocycles. The number of phosphoric acid groups is 1. The van der Waals surface area contributed by atoms with E-state index in [1.165, 1.54) is 24.1 Å². The number of nitrogens with two attached hydrogens (primary N) is 1. The summed E-state index contributed by atoms with van der Waals surface area (Å²) in [6.45, 7) is 0.823. The van der Waals surface area contributed by atoms with Gasteiger partial charge in [0.1, 0.15) is 30.2 Å². The van der Waals surface area contributed by atoms with Crippen molar-refractivity contribution in [2.75, 3.05) is 12.3 Å². The predicted octanol–water partition coefficient (Wildman–Crippen LogP) is -1.69. The fourth-order valence-corrected chi connectivity index (χ4v) is 3.32. The van der Waals surface area contributed by atoms with E-state index in [1.54, 1.807) is 0 Å². The Labute approximate surface area is 135 Å². The van der Waals surface area contributed by atoms with E-state index < -0.39 is 38.5 Å². The number of imidazole rings is 1. The van der Waals surface area contributed by atoms with Crippen molar-refractivity contribution in [3.05, 3.63) is 12.7 Å². The number of ether oxygens (including phenoxy) is 1. The molecule has 6 N–H and O–H groups in total. The number of hydrogen-bond donors (Lipinski definition) is 5. The van der Waals surface area contributed by atoms with Gasteiger partial charge in [0.15, 0.2) is 17.2 Å². The largest absolute Gasteiger partial charge is 0.470 e. The van der Waals surface area contributed by atoms with Crippen LogP contribution in [0.5, 0.6) is 0 Å². The molecule has 2 aromatic heterocycles. The Kier molecular flexibility index (Phi) is 4.08. The summed E-state index contributed by atoms with van der Waals surface area (Å²) in [6, 6.07) is 0. The van der Waals surface area contributed by atoms with E-state index in [1.807, 2.05) is 0 Å². The van der Waals surface area contributed by atoms with Crippen LogP contribution < -0.4 is 5.73 Å². The molecular formula is C11H16N5O7P. The summed E-state index contributed by atoms with van der Waals surface area (Å²) in [4.78, 5) is 29.9. The number of anilines is 1. The molecule has 0 saturated carbocycles. The lowest BCUT2D eigenvalue weighted by Crippen LogP contribution is -2.43. The Morgan fingerprint density at radius 3 is 2.79 bits per heavy atom. The Balaban J connectivity index is 2.06. The number of nitrogen functional groups attached to an aromatic ring is 1. The van der Waals surface area contributed by atoms with E-state index in [9.17, 15) is 14.8 Å². The van der Waals surface area contributed by atoms with Gasteiger partial charge in [0.2, 0.25) is 0 Å². The minimum Gasteiger partial charge on any atom is -0.394 e. The molecule has 0 radical (unpaired) electrons. The highest BCUT2D eigenvalue weighted by molar-refractivity contribution is 7.46. The molecule has 2 aromatic rings. The molecule has 0 bridgehead atoms. The van der Waals surface area contributed by atoms with Crippen molar-refractivity contribution in [2.45, 2.75) is 31.0 Å². The molecule has 132 valence electrons. The number of aliphatic hydroxyl groups is 2. The molecule has 0 spiro atoms. The summed E-state index contributed by atoms with van der Waals surface area (Å²) in [7, 11) is -4.91. The minimum atomic E-state index is -4.91. The third-order valence-electron chi connectivity index (χ3n) is 3.90. The summed E-state index contributed by atoms with van der Waals surface area (Å²) in [6.07, 6.45) is -1.66. The third-order valence-corrected chi connectivity index (χ3v) is 4.41. The van der Waals surface area contributed by atoms with Gasteiger partial charge in [-0.05, 0) is 6.92 Å². The lowest BCUT2D eigenvalue weighted by molar-refractivity contribution is -0.132. The normalized spacial score (nSPS) is 31.0. The molecule has 1 aliphatic heterocycles. The molecule has 24 heavy (non-hydrogen) atoms. The van der Waals surface area contributed by atoms with Crippen LogP contribution in [0.3, 0.4) is 0 Å². The SMILES string of the molecule is C[C@@]1(n2cnc3c(N)ncnc32)O[C@H](CO)[C@@H](OP(=O)(O)O)[C@H]1O. The predicted molar refractivity (Wildman–Crippen MR) is 78.3 cm³/mol. The Hall–Kier alpha value is -1.66. The number of nitrogens with zero attached hydrogens (tertiary/aromatic N) is 4. The van der Waals surface area contributed by atoms with Crippen LogP contribution in [-0.4, -0.2) is 64.4 Å². The van der Waals surface area contributed by atoms with E-state index >= 15 is 0 Å². The summed E-state index contributed by atoms with van der Waals surface area (Å²) in [5, 5.41) is 19.9. The van der Waals surface area contributed by atoms with E-state index in [4.69, 9.17) is 20.3 Å². The van der Waals surface area contributed by atoms with E-state index in [-0.39, 0.29) is 17.0 Å². The van der Waals surface area contributed by atoms with Gasteiger partial charge in [-0.15, -0.1) is 0 Å². The molecule has 12 nitrogen and oxygen atoms in total. The molecule has 3 rings (SSSR count). The van der Waals surface area contributed by atoms with Gasteiger partial charge in [0.25, 0.3) is 0 Å². The molecule has 0 aliphatic carbocycles. The van der Waals surface area contributed by atoms with Crippen molar-refractivity contribution in [3.63, 3.8) is 0 Å². The first kappa shape index (κ1) is 17.2. The maximum Gasteiger partial charge on any atom is 0.470 e. The zero-order valence-electron chi connectivity index (χ0n) is 12.4. The second-order valence-corrected chi connectivity index (χ2v) is 6.64. The number of phosphoric ester groups is 1. The summed E-state index contributed by atoms with van der Waals surface area (Å²) in [5.74, 6) is 0.122. The van der Waals surface area contributed by atoms with Crippen LogP contribution >= 0.6 is 7.82 Å². The van der Waals surface area contributed by atoms with Crippen LogP contribution in [0.1, 0.15) is 6.92 Å². The smallest absolute Gasteiger partial charge is 0.394 e. The lowest BCUT2D eigenvalue weighted by Gasteiger charge is -2.29. The minimum absolute atomic E-state index is 0.122. The van der Waals surface area contributed by atoms with Gasteiger partial charge in [0, 0.05) is 0 Å². The average Bonchev–Trinajstić information content (AvgIpc) is 3.03. The molecule has 1 saturated heterocycles. The Bertz CT molecular complexity index is 809. The standard InChI is InChI=1S/C11H16N5O7P/c1-11(16-4-15-6-9(12)13-3-14-10(6)16)8(18)7(5(2-17)22-11)23-24(19,20)21/h3-5,7-8,17-18H,2H2,1H3,(H2,12,13,14)(H2,19,20,21)/t5-,7-,8-,11-/m1/s1. The van der Waals surface area contributed by atoms with Crippen molar-refractivity contribution < 1.29 is 33.8 Å². The summed E-state index contributed by atoms with van der Waals surface area (Å²) in [5.41, 5.74) is 4.68. The third kappa shape index (κ3) is 2.67. The van der Waals surface area contributed by atoms with Crippen LogP contribution in [0.2, 0.25) is 0 Å². The van der Waals surface area contributed by atoms with Gasteiger partial charge in [0.05, 0.1) is 12.9 Å². The Morgan fingerprint density at radius 1 is 1.46 bits per heavy atom. The second kappa shape index (κ2) is 5.70. The van der Waals surface area contributed by atoms with E-state index in [2.05, 4.69) is 19.5 Å². The summed E-state index contributed by atoms with van der Waals surface area (Å²) < 4.78 is 22.7. The van der Waals surface area contributed by atoms with Crippen LogP contribution in [0, 0.1) is 0 Å². The molecule has 1 fully saturated rings. The first-order chi connectivity index (χ1) is 11.2. The zero-order valence-corrected chi connectivity index (χ0v) is 13.3. The van der Waals surface area contributed by atoms with E-state index in [0.717, 1.165) is 0 Å². The number of aliphatic hydroxyl groups excluding tert-OH is 2. The monoisotopic (exact) mass is 361 g/mol. The van der Waals surface area contributed by atoms with Crippen molar-refractivity contribution in [1.82, 2.24) is 19.5 Å². The van der Waals surface area contributed by atoms with Gasteiger partial charge in [-0.1, -0.05) is 0 Å². The highest BCUT2D eigenvalue weighted by Crippen LogP contribution is 2.46. The first-order valence-corrected chi connectivity index (χ1v) is 8.35. The lowest BCUT2D eigenvalue weighted by atomic mass is 10.0. The number of fused-ring (bicyclic) bond motifs is 1. The van der Waals surface area contributed by atoms with Crippen LogP contribution in [0.15, 0.2) is 12.7 Å². The van der Waals surface area contributed by atoms with Crippen LogP contribution in [-0.2, 0) is 19.6 Å². The van der Waals surface area contributed by atoms with Crippen LogP contribution in [0.4, 0.5) is 5.82 Å². The zero-order chi connectivity index (χ0) is 17.7. The number of hydrogen-bond acceptors (Lipinski definition) is 9. The molecule has 0 amide bonds. The highest BCUT2D eigenvalue weighted by atomic mass is 31.2. The van der Waals surface area contributed by atoms with Gasteiger partial charge < -0.3 is 30.5 Å². The fraction of sp³-hybridized carbons (Fsp3) is 0.545. The van der Waals surface area contributed by atoms with Gasteiger partial charge in [-0.25, -0.2) is 19.5 Å². The van der Waals surface area contributed by atoms with E-state index in [0.29, 0.717) is 0 Å². The molecule has 1 aliphatic rings. The number of rotatable bonds is 4. The Morgan fingerprint density at radius 2 is 2.17 bits per heavy atom.